The van der Waals surface area contributed by atoms with Gasteiger partial charge in [-0.2, -0.15) is 0 Å². The first-order chi connectivity index (χ1) is 9.70. The molecule has 1 amide bonds. The van der Waals surface area contributed by atoms with Crippen LogP contribution in [0.5, 0.6) is 0 Å². The smallest absolute Gasteiger partial charge is 0.223 e. The molecule has 3 heteroatoms. The molecule has 1 aromatic carbocycles. The minimum Gasteiger partial charge on any atom is -0.336 e. The van der Waals surface area contributed by atoms with Crippen molar-refractivity contribution in [3.05, 3.63) is 48.0 Å². The Labute approximate surface area is 121 Å². The number of likely N-dealkylation sites (tertiary alicyclic amines) is 1. The van der Waals surface area contributed by atoms with E-state index >= 15 is 0 Å². The Morgan fingerprint density at radius 3 is 3.10 bits per heavy atom. The summed E-state index contributed by atoms with van der Waals surface area (Å²) in [6.07, 6.45) is 4.51. The summed E-state index contributed by atoms with van der Waals surface area (Å²) in [7, 11) is 0. The van der Waals surface area contributed by atoms with Gasteiger partial charge in [0, 0.05) is 25.6 Å². The summed E-state index contributed by atoms with van der Waals surface area (Å²) in [5, 5.41) is 3.47. The second-order valence-electron chi connectivity index (χ2n) is 5.48. The highest BCUT2D eigenvalue weighted by Crippen LogP contribution is 2.20. The summed E-state index contributed by atoms with van der Waals surface area (Å²) >= 11 is 0. The Bertz CT molecular complexity index is 470. The van der Waals surface area contributed by atoms with Gasteiger partial charge in [0.2, 0.25) is 5.91 Å². The van der Waals surface area contributed by atoms with Gasteiger partial charge in [0.15, 0.2) is 0 Å². The van der Waals surface area contributed by atoms with E-state index in [0.717, 1.165) is 25.9 Å². The maximum atomic E-state index is 11.7. The number of carbonyl (C=O) groups is 1. The fourth-order valence-electron chi connectivity index (χ4n) is 2.81. The van der Waals surface area contributed by atoms with E-state index in [-0.39, 0.29) is 5.91 Å². The van der Waals surface area contributed by atoms with E-state index in [4.69, 9.17) is 0 Å². The quantitative estimate of drug-likeness (QED) is 0.611. The molecule has 0 radical (unpaired) electrons. The van der Waals surface area contributed by atoms with Crippen LogP contribution in [-0.2, 0) is 11.3 Å². The number of rotatable bonds is 7. The van der Waals surface area contributed by atoms with Gasteiger partial charge in [0.1, 0.15) is 0 Å². The van der Waals surface area contributed by atoms with Crippen molar-refractivity contribution in [3.63, 3.8) is 0 Å². The second kappa shape index (κ2) is 7.25. The Kier molecular flexibility index (Phi) is 5.36. The van der Waals surface area contributed by atoms with Crippen LogP contribution < -0.4 is 5.32 Å². The van der Waals surface area contributed by atoms with E-state index in [1.807, 2.05) is 11.0 Å². The fourth-order valence-corrected chi connectivity index (χ4v) is 2.81. The lowest BCUT2D eigenvalue weighted by Gasteiger charge is -2.23. The third kappa shape index (κ3) is 3.94. The maximum absolute atomic E-state index is 11.7. The molecule has 0 bridgehead atoms. The van der Waals surface area contributed by atoms with Crippen molar-refractivity contribution in [2.45, 2.75) is 38.8 Å². The van der Waals surface area contributed by atoms with E-state index in [2.05, 4.69) is 43.1 Å². The molecule has 1 N–H and O–H groups in total. The van der Waals surface area contributed by atoms with Crippen LogP contribution in [0.3, 0.4) is 0 Å². The number of hydrogen-bond acceptors (Lipinski definition) is 2. The standard InChI is InChI=1S/C17H24N2O/c1-3-11-19-16(7-8-17(19)20)9-10-18-13-15-6-4-5-14(2)12-15/h3-6,12,16,18H,1,7-11,13H2,2H3/t16-/m0/s1. The molecule has 1 aliphatic rings. The van der Waals surface area contributed by atoms with Crippen LogP contribution in [0.2, 0.25) is 0 Å². The lowest BCUT2D eigenvalue weighted by atomic mass is 10.1. The van der Waals surface area contributed by atoms with Crippen LogP contribution >= 0.6 is 0 Å². The number of nitrogens with one attached hydrogen (secondary N) is 1. The number of benzene rings is 1. The summed E-state index contributed by atoms with van der Waals surface area (Å²) in [6, 6.07) is 8.93. The van der Waals surface area contributed by atoms with Crippen molar-refractivity contribution >= 4 is 5.91 Å². The zero-order valence-corrected chi connectivity index (χ0v) is 12.3. The molecule has 1 aromatic rings. The van der Waals surface area contributed by atoms with Crippen LogP contribution in [-0.4, -0.2) is 29.9 Å². The minimum absolute atomic E-state index is 0.272. The van der Waals surface area contributed by atoms with Crippen molar-refractivity contribution in [2.75, 3.05) is 13.1 Å². The Hall–Kier alpha value is -1.61. The average molecular weight is 272 g/mol. The number of nitrogens with zero attached hydrogens (tertiary/aromatic N) is 1. The van der Waals surface area contributed by atoms with Crippen LogP contribution in [0.25, 0.3) is 0 Å². The second-order valence-corrected chi connectivity index (χ2v) is 5.48. The molecular formula is C17H24N2O. The highest BCUT2D eigenvalue weighted by atomic mass is 16.2. The minimum atomic E-state index is 0.272. The lowest BCUT2D eigenvalue weighted by Crippen LogP contribution is -2.35. The molecule has 1 fully saturated rings. The third-order valence-corrected chi connectivity index (χ3v) is 3.84. The largest absolute Gasteiger partial charge is 0.336 e. The van der Waals surface area contributed by atoms with Crippen molar-refractivity contribution < 1.29 is 4.79 Å². The van der Waals surface area contributed by atoms with E-state index in [9.17, 15) is 4.79 Å². The van der Waals surface area contributed by atoms with Crippen LogP contribution in [0.15, 0.2) is 36.9 Å². The molecule has 0 aliphatic carbocycles. The van der Waals surface area contributed by atoms with Crippen molar-refractivity contribution in [1.82, 2.24) is 10.2 Å². The monoisotopic (exact) mass is 272 g/mol. The highest BCUT2D eigenvalue weighted by molar-refractivity contribution is 5.78. The fraction of sp³-hybridized carbons (Fsp3) is 0.471. The van der Waals surface area contributed by atoms with Crippen molar-refractivity contribution in [3.8, 4) is 0 Å². The molecule has 1 aliphatic heterocycles. The van der Waals surface area contributed by atoms with Gasteiger partial charge in [-0.3, -0.25) is 4.79 Å². The molecular weight excluding hydrogens is 248 g/mol. The molecule has 0 aromatic heterocycles. The maximum Gasteiger partial charge on any atom is 0.223 e. The Morgan fingerprint density at radius 2 is 2.35 bits per heavy atom. The van der Waals surface area contributed by atoms with Crippen molar-refractivity contribution in [1.29, 1.82) is 0 Å². The Balaban J connectivity index is 1.73. The normalized spacial score (nSPS) is 18.6. The van der Waals surface area contributed by atoms with Gasteiger partial charge in [-0.15, -0.1) is 6.58 Å². The zero-order chi connectivity index (χ0) is 14.4. The number of carbonyl (C=O) groups excluding carboxylic acids is 1. The van der Waals surface area contributed by atoms with Crippen LogP contribution in [0.1, 0.15) is 30.4 Å². The van der Waals surface area contributed by atoms with Gasteiger partial charge in [0.25, 0.3) is 0 Å². The first-order valence-electron chi connectivity index (χ1n) is 7.37. The molecule has 0 saturated carbocycles. The summed E-state index contributed by atoms with van der Waals surface area (Å²) in [6.45, 7) is 8.36. The Morgan fingerprint density at radius 1 is 1.50 bits per heavy atom. The SMILES string of the molecule is C=CCN1C(=O)CC[C@H]1CCNCc1cccc(C)c1. The topological polar surface area (TPSA) is 32.3 Å². The first-order valence-corrected chi connectivity index (χ1v) is 7.37. The van der Waals surface area contributed by atoms with Gasteiger partial charge < -0.3 is 10.2 Å². The molecule has 0 spiro atoms. The molecule has 0 unspecified atom stereocenters. The summed E-state index contributed by atoms with van der Waals surface area (Å²) in [5.41, 5.74) is 2.61. The molecule has 108 valence electrons. The van der Waals surface area contributed by atoms with Gasteiger partial charge in [0.05, 0.1) is 0 Å². The molecule has 20 heavy (non-hydrogen) atoms. The van der Waals surface area contributed by atoms with Crippen molar-refractivity contribution in [2.24, 2.45) is 0 Å². The van der Waals surface area contributed by atoms with Gasteiger partial charge in [-0.05, 0) is 31.9 Å². The van der Waals surface area contributed by atoms with E-state index in [1.165, 1.54) is 11.1 Å². The molecule has 1 heterocycles. The van der Waals surface area contributed by atoms with E-state index in [0.29, 0.717) is 19.0 Å². The van der Waals surface area contributed by atoms with Gasteiger partial charge in [-0.1, -0.05) is 35.9 Å². The van der Waals surface area contributed by atoms with Crippen LogP contribution in [0.4, 0.5) is 0 Å². The predicted molar refractivity (Wildman–Crippen MR) is 82.4 cm³/mol. The lowest BCUT2D eigenvalue weighted by molar-refractivity contribution is -0.128. The predicted octanol–water partition coefficient (Wildman–Crippen LogP) is 2.65. The molecule has 1 atom stereocenters. The summed E-state index contributed by atoms with van der Waals surface area (Å²) in [4.78, 5) is 13.7. The van der Waals surface area contributed by atoms with E-state index < -0.39 is 0 Å². The molecule has 3 nitrogen and oxygen atoms in total. The number of amides is 1. The summed E-state index contributed by atoms with van der Waals surface area (Å²) < 4.78 is 0. The number of aryl methyl sites for hydroxylation is 1. The van der Waals surface area contributed by atoms with Gasteiger partial charge in [-0.25, -0.2) is 0 Å². The zero-order valence-electron chi connectivity index (χ0n) is 12.3. The summed E-state index contributed by atoms with van der Waals surface area (Å²) in [5.74, 6) is 0.272. The highest BCUT2D eigenvalue weighted by Gasteiger charge is 2.29. The molecule has 2 rings (SSSR count). The first kappa shape index (κ1) is 14.8. The van der Waals surface area contributed by atoms with Gasteiger partial charge >= 0.3 is 0 Å². The molecule has 1 saturated heterocycles. The number of hydrogen-bond donors (Lipinski definition) is 1. The third-order valence-electron chi connectivity index (χ3n) is 3.84. The average Bonchev–Trinajstić information content (AvgIpc) is 2.77. The van der Waals surface area contributed by atoms with E-state index in [1.54, 1.807) is 0 Å². The van der Waals surface area contributed by atoms with Crippen LogP contribution in [0, 0.1) is 6.92 Å².